The summed E-state index contributed by atoms with van der Waals surface area (Å²) in [6.45, 7) is 1.31. The highest BCUT2D eigenvalue weighted by molar-refractivity contribution is 5.94. The number of amides is 1. The minimum atomic E-state index is -0.141. The summed E-state index contributed by atoms with van der Waals surface area (Å²) in [6.07, 6.45) is 3.20. The number of hydrogen-bond donors (Lipinski definition) is 2. The molecule has 82 valence electrons. The van der Waals surface area contributed by atoms with Gasteiger partial charge in [0.15, 0.2) is 0 Å². The molecule has 0 saturated carbocycles. The number of aromatic nitrogens is 1. The van der Waals surface area contributed by atoms with E-state index in [1.54, 1.807) is 26.4 Å². The number of pyridine rings is 1. The largest absolute Gasteiger partial charge is 0.383 e. The fourth-order valence-electron chi connectivity index (χ4n) is 1.10. The van der Waals surface area contributed by atoms with E-state index in [1.165, 1.54) is 6.20 Å². The van der Waals surface area contributed by atoms with Crippen molar-refractivity contribution in [1.82, 2.24) is 10.3 Å². The molecule has 1 aromatic rings. The normalized spacial score (nSPS) is 9.73. The summed E-state index contributed by atoms with van der Waals surface area (Å²) in [5, 5.41) is 5.64. The van der Waals surface area contributed by atoms with E-state index in [2.05, 4.69) is 15.6 Å². The van der Waals surface area contributed by atoms with Crippen LogP contribution in [0.3, 0.4) is 0 Å². The predicted octanol–water partition coefficient (Wildman–Crippen LogP) is 0.499. The first-order valence-electron chi connectivity index (χ1n) is 4.68. The monoisotopic (exact) mass is 209 g/mol. The third-order valence-corrected chi connectivity index (χ3v) is 1.86. The van der Waals surface area contributed by atoms with E-state index in [0.29, 0.717) is 18.7 Å². The smallest absolute Gasteiger partial charge is 0.252 e. The Balaban J connectivity index is 2.62. The van der Waals surface area contributed by atoms with Crippen molar-refractivity contribution in [3.8, 4) is 0 Å². The number of nitrogens with one attached hydrogen (secondary N) is 2. The lowest BCUT2D eigenvalue weighted by Crippen LogP contribution is -2.18. The molecule has 0 fully saturated rings. The fraction of sp³-hybridized carbons (Fsp3) is 0.400. The summed E-state index contributed by atoms with van der Waals surface area (Å²) in [7, 11) is 3.23. The molecular formula is C10H15N3O2. The van der Waals surface area contributed by atoms with E-state index in [1.807, 2.05) is 0 Å². The SMILES string of the molecule is CNC(=O)c1cncc(NCCOC)c1. The van der Waals surface area contributed by atoms with Crippen LogP contribution in [0.1, 0.15) is 10.4 Å². The predicted molar refractivity (Wildman–Crippen MR) is 58.0 cm³/mol. The molecule has 2 N–H and O–H groups in total. The van der Waals surface area contributed by atoms with Gasteiger partial charge in [0.2, 0.25) is 0 Å². The van der Waals surface area contributed by atoms with E-state index < -0.39 is 0 Å². The maximum atomic E-state index is 11.3. The van der Waals surface area contributed by atoms with Gasteiger partial charge in [0, 0.05) is 33.1 Å². The average Bonchev–Trinajstić information content (AvgIpc) is 2.29. The van der Waals surface area contributed by atoms with Crippen molar-refractivity contribution in [2.75, 3.05) is 32.6 Å². The Labute approximate surface area is 88.9 Å². The standard InChI is InChI=1S/C10H15N3O2/c1-11-10(14)8-5-9(7-12-6-8)13-3-4-15-2/h5-7,13H,3-4H2,1-2H3,(H,11,14). The second kappa shape index (κ2) is 5.98. The fourth-order valence-corrected chi connectivity index (χ4v) is 1.10. The molecule has 1 rings (SSSR count). The van der Waals surface area contributed by atoms with Crippen LogP contribution in [0.2, 0.25) is 0 Å². The third kappa shape index (κ3) is 3.55. The van der Waals surface area contributed by atoms with Gasteiger partial charge in [-0.15, -0.1) is 0 Å². The maximum Gasteiger partial charge on any atom is 0.252 e. The van der Waals surface area contributed by atoms with Crippen molar-refractivity contribution in [1.29, 1.82) is 0 Å². The zero-order chi connectivity index (χ0) is 11.1. The second-order valence-corrected chi connectivity index (χ2v) is 2.96. The molecule has 0 unspecified atom stereocenters. The Kier molecular flexibility index (Phi) is 4.56. The van der Waals surface area contributed by atoms with Gasteiger partial charge in [-0.1, -0.05) is 0 Å². The molecule has 0 atom stereocenters. The Bertz CT molecular complexity index is 328. The summed E-state index contributed by atoms with van der Waals surface area (Å²) in [5.74, 6) is -0.141. The summed E-state index contributed by atoms with van der Waals surface area (Å²) in [6, 6.07) is 1.75. The molecule has 0 radical (unpaired) electrons. The Morgan fingerprint density at radius 3 is 3.00 bits per heavy atom. The zero-order valence-corrected chi connectivity index (χ0v) is 8.91. The molecule has 1 heterocycles. The molecule has 0 aliphatic heterocycles. The number of carbonyl (C=O) groups is 1. The van der Waals surface area contributed by atoms with E-state index >= 15 is 0 Å². The van der Waals surface area contributed by atoms with Gasteiger partial charge in [0.25, 0.3) is 5.91 Å². The highest BCUT2D eigenvalue weighted by atomic mass is 16.5. The Morgan fingerprint density at radius 1 is 1.53 bits per heavy atom. The van der Waals surface area contributed by atoms with Gasteiger partial charge in [-0.3, -0.25) is 9.78 Å². The van der Waals surface area contributed by atoms with E-state index in [4.69, 9.17) is 4.74 Å². The van der Waals surface area contributed by atoms with Gasteiger partial charge in [-0.2, -0.15) is 0 Å². The van der Waals surface area contributed by atoms with Gasteiger partial charge >= 0.3 is 0 Å². The summed E-state index contributed by atoms with van der Waals surface area (Å²) >= 11 is 0. The van der Waals surface area contributed by atoms with Crippen LogP contribution in [0, 0.1) is 0 Å². The van der Waals surface area contributed by atoms with Gasteiger partial charge in [-0.25, -0.2) is 0 Å². The number of nitrogens with zero attached hydrogens (tertiary/aromatic N) is 1. The van der Waals surface area contributed by atoms with Crippen LogP contribution in [0.25, 0.3) is 0 Å². The highest BCUT2D eigenvalue weighted by Crippen LogP contribution is 2.07. The molecule has 15 heavy (non-hydrogen) atoms. The lowest BCUT2D eigenvalue weighted by Gasteiger charge is -2.06. The molecule has 0 aliphatic carbocycles. The van der Waals surface area contributed by atoms with Crippen molar-refractivity contribution in [2.45, 2.75) is 0 Å². The molecule has 5 heteroatoms. The van der Waals surface area contributed by atoms with Crippen LogP contribution in [0.5, 0.6) is 0 Å². The van der Waals surface area contributed by atoms with Crippen LogP contribution in [-0.4, -0.2) is 38.2 Å². The first-order valence-corrected chi connectivity index (χ1v) is 4.68. The number of methoxy groups -OCH3 is 1. The third-order valence-electron chi connectivity index (χ3n) is 1.86. The molecule has 0 aromatic carbocycles. The second-order valence-electron chi connectivity index (χ2n) is 2.96. The number of ether oxygens (including phenoxy) is 1. The molecule has 0 bridgehead atoms. The van der Waals surface area contributed by atoms with Gasteiger partial charge in [0.1, 0.15) is 0 Å². The van der Waals surface area contributed by atoms with Crippen molar-refractivity contribution in [2.24, 2.45) is 0 Å². The summed E-state index contributed by atoms with van der Waals surface area (Å²) < 4.78 is 4.90. The van der Waals surface area contributed by atoms with Crippen molar-refractivity contribution in [3.05, 3.63) is 24.0 Å². The van der Waals surface area contributed by atoms with Gasteiger partial charge in [0.05, 0.1) is 17.9 Å². The van der Waals surface area contributed by atoms with Gasteiger partial charge in [-0.05, 0) is 6.07 Å². The average molecular weight is 209 g/mol. The summed E-state index contributed by atoms with van der Waals surface area (Å²) in [5.41, 5.74) is 1.35. The van der Waals surface area contributed by atoms with Crippen molar-refractivity contribution < 1.29 is 9.53 Å². The highest BCUT2D eigenvalue weighted by Gasteiger charge is 2.03. The van der Waals surface area contributed by atoms with Crippen molar-refractivity contribution >= 4 is 11.6 Å². The van der Waals surface area contributed by atoms with Crippen LogP contribution >= 0.6 is 0 Å². The van der Waals surface area contributed by atoms with Crippen LogP contribution < -0.4 is 10.6 Å². The first-order chi connectivity index (χ1) is 7.27. The summed E-state index contributed by atoms with van der Waals surface area (Å²) in [4.78, 5) is 15.3. The number of carbonyl (C=O) groups excluding carboxylic acids is 1. The van der Waals surface area contributed by atoms with Crippen LogP contribution in [0.15, 0.2) is 18.5 Å². The van der Waals surface area contributed by atoms with Crippen LogP contribution in [-0.2, 0) is 4.74 Å². The number of hydrogen-bond acceptors (Lipinski definition) is 4. The van der Waals surface area contributed by atoms with E-state index in [0.717, 1.165) is 5.69 Å². The quantitative estimate of drug-likeness (QED) is 0.693. The van der Waals surface area contributed by atoms with Crippen molar-refractivity contribution in [3.63, 3.8) is 0 Å². The minimum Gasteiger partial charge on any atom is -0.383 e. The number of rotatable bonds is 5. The Hall–Kier alpha value is -1.62. The van der Waals surface area contributed by atoms with E-state index in [-0.39, 0.29) is 5.91 Å². The topological polar surface area (TPSA) is 63.2 Å². The lowest BCUT2D eigenvalue weighted by molar-refractivity contribution is 0.0963. The van der Waals surface area contributed by atoms with E-state index in [9.17, 15) is 4.79 Å². The Morgan fingerprint density at radius 2 is 2.33 bits per heavy atom. The molecule has 0 spiro atoms. The van der Waals surface area contributed by atoms with Crippen LogP contribution in [0.4, 0.5) is 5.69 Å². The lowest BCUT2D eigenvalue weighted by atomic mass is 10.2. The molecule has 0 saturated heterocycles. The minimum absolute atomic E-state index is 0.141. The molecule has 1 aromatic heterocycles. The molecule has 5 nitrogen and oxygen atoms in total. The zero-order valence-electron chi connectivity index (χ0n) is 8.91. The number of anilines is 1. The molecular weight excluding hydrogens is 194 g/mol. The molecule has 1 amide bonds. The van der Waals surface area contributed by atoms with Gasteiger partial charge < -0.3 is 15.4 Å². The maximum absolute atomic E-state index is 11.3. The molecule has 0 aliphatic rings. The first kappa shape index (κ1) is 11.5.